The van der Waals surface area contributed by atoms with E-state index in [1.165, 1.54) is 0 Å². The van der Waals surface area contributed by atoms with E-state index in [0.29, 0.717) is 6.54 Å². The molecule has 1 amide bonds. The molecule has 0 saturated heterocycles. The molecule has 0 spiro atoms. The minimum atomic E-state index is 0.0671. The zero-order chi connectivity index (χ0) is 7.40. The highest BCUT2D eigenvalue weighted by molar-refractivity contribution is 8.22. The molecule has 1 aliphatic heterocycles. The fourth-order valence-electron chi connectivity index (χ4n) is 0.608. The molecule has 0 aromatic heterocycles. The van der Waals surface area contributed by atoms with Gasteiger partial charge in [-0.25, -0.2) is 0 Å². The molecule has 56 valence electrons. The minimum absolute atomic E-state index is 0.0671. The van der Waals surface area contributed by atoms with Crippen LogP contribution in [0.4, 0.5) is 0 Å². The van der Waals surface area contributed by atoms with Gasteiger partial charge in [0.2, 0.25) is 0 Å². The monoisotopic (exact) mass is 175 g/mol. The van der Waals surface area contributed by atoms with Crippen molar-refractivity contribution in [2.75, 3.05) is 11.6 Å². The topological polar surface area (TPSA) is 29.1 Å². The summed E-state index contributed by atoms with van der Waals surface area (Å²) in [6.45, 7) is 2.63. The molecule has 0 saturated carbocycles. The first-order valence-electron chi connectivity index (χ1n) is 3.07. The Morgan fingerprint density at radius 1 is 1.90 bits per heavy atom. The SMILES string of the molecule is CCNC(=O)C1=CSCS1. The second-order valence-corrected chi connectivity index (χ2v) is 4.01. The number of likely N-dealkylation sites (N-methyl/N-ethyl adjacent to an activating group) is 1. The second-order valence-electron chi connectivity index (χ2n) is 1.77. The van der Waals surface area contributed by atoms with E-state index in [9.17, 15) is 4.79 Å². The molecular formula is C6H9NOS2. The number of amides is 1. The van der Waals surface area contributed by atoms with Crippen LogP contribution >= 0.6 is 23.5 Å². The Hall–Kier alpha value is -0.0900. The van der Waals surface area contributed by atoms with Crippen molar-refractivity contribution in [3.8, 4) is 0 Å². The van der Waals surface area contributed by atoms with Crippen molar-refractivity contribution in [2.24, 2.45) is 0 Å². The molecular weight excluding hydrogens is 166 g/mol. The van der Waals surface area contributed by atoms with Crippen LogP contribution in [0.2, 0.25) is 0 Å². The van der Waals surface area contributed by atoms with E-state index in [2.05, 4.69) is 5.32 Å². The highest BCUT2D eigenvalue weighted by atomic mass is 32.2. The molecule has 0 aromatic rings. The third kappa shape index (κ3) is 1.95. The van der Waals surface area contributed by atoms with Crippen molar-refractivity contribution in [1.82, 2.24) is 5.32 Å². The normalized spacial score (nSPS) is 16.7. The van der Waals surface area contributed by atoms with Gasteiger partial charge < -0.3 is 5.32 Å². The molecule has 1 aliphatic rings. The molecule has 4 heteroatoms. The predicted molar refractivity (Wildman–Crippen MR) is 46.8 cm³/mol. The van der Waals surface area contributed by atoms with E-state index in [4.69, 9.17) is 0 Å². The summed E-state index contributed by atoms with van der Waals surface area (Å²) < 4.78 is 0. The third-order valence-corrected chi connectivity index (χ3v) is 3.22. The zero-order valence-corrected chi connectivity index (χ0v) is 7.35. The average molecular weight is 175 g/mol. The molecule has 0 atom stereocenters. The largest absolute Gasteiger partial charge is 0.352 e. The van der Waals surface area contributed by atoms with E-state index >= 15 is 0 Å². The van der Waals surface area contributed by atoms with Crippen LogP contribution in [0.3, 0.4) is 0 Å². The number of hydrogen-bond donors (Lipinski definition) is 1. The maximum absolute atomic E-state index is 11.0. The van der Waals surface area contributed by atoms with Gasteiger partial charge in [0, 0.05) is 11.6 Å². The minimum Gasteiger partial charge on any atom is -0.352 e. The maximum Gasteiger partial charge on any atom is 0.258 e. The first-order valence-corrected chi connectivity index (χ1v) is 5.10. The van der Waals surface area contributed by atoms with Crippen molar-refractivity contribution in [3.63, 3.8) is 0 Å². The molecule has 0 unspecified atom stereocenters. The number of carbonyl (C=O) groups excluding carboxylic acids is 1. The van der Waals surface area contributed by atoms with E-state index in [0.717, 1.165) is 9.99 Å². The van der Waals surface area contributed by atoms with Crippen LogP contribution in [-0.2, 0) is 4.79 Å². The number of hydrogen-bond acceptors (Lipinski definition) is 3. The Morgan fingerprint density at radius 3 is 3.20 bits per heavy atom. The lowest BCUT2D eigenvalue weighted by molar-refractivity contribution is -0.116. The summed E-state index contributed by atoms with van der Waals surface area (Å²) in [6.07, 6.45) is 0. The van der Waals surface area contributed by atoms with Gasteiger partial charge in [-0.15, -0.1) is 23.5 Å². The van der Waals surface area contributed by atoms with Crippen LogP contribution in [0.1, 0.15) is 6.92 Å². The Morgan fingerprint density at radius 2 is 2.70 bits per heavy atom. The summed E-state index contributed by atoms with van der Waals surface area (Å²) >= 11 is 3.28. The third-order valence-electron chi connectivity index (χ3n) is 1.03. The number of rotatable bonds is 2. The van der Waals surface area contributed by atoms with Crippen molar-refractivity contribution >= 4 is 29.4 Å². The molecule has 0 radical (unpaired) electrons. The summed E-state index contributed by atoms with van der Waals surface area (Å²) in [5.41, 5.74) is 0. The van der Waals surface area contributed by atoms with Crippen LogP contribution in [0, 0.1) is 0 Å². The van der Waals surface area contributed by atoms with Gasteiger partial charge in [-0.05, 0) is 12.3 Å². The van der Waals surface area contributed by atoms with E-state index in [1.807, 2.05) is 12.3 Å². The number of carbonyl (C=O) groups is 1. The summed E-state index contributed by atoms with van der Waals surface area (Å²) in [6, 6.07) is 0. The Balaban J connectivity index is 2.40. The second kappa shape index (κ2) is 3.93. The van der Waals surface area contributed by atoms with E-state index in [1.54, 1.807) is 23.5 Å². The highest BCUT2D eigenvalue weighted by Crippen LogP contribution is 2.31. The zero-order valence-electron chi connectivity index (χ0n) is 5.72. The van der Waals surface area contributed by atoms with Gasteiger partial charge in [0.05, 0.1) is 4.91 Å². The van der Waals surface area contributed by atoms with Crippen LogP contribution in [0.25, 0.3) is 0 Å². The van der Waals surface area contributed by atoms with Crippen LogP contribution in [-0.4, -0.2) is 17.5 Å². The van der Waals surface area contributed by atoms with Gasteiger partial charge in [-0.3, -0.25) is 4.79 Å². The molecule has 10 heavy (non-hydrogen) atoms. The van der Waals surface area contributed by atoms with Gasteiger partial charge in [-0.2, -0.15) is 0 Å². The molecule has 0 aromatic carbocycles. The van der Waals surface area contributed by atoms with Gasteiger partial charge in [0.1, 0.15) is 0 Å². The van der Waals surface area contributed by atoms with Crippen molar-refractivity contribution in [3.05, 3.63) is 10.3 Å². The van der Waals surface area contributed by atoms with Crippen LogP contribution in [0.5, 0.6) is 0 Å². The molecule has 1 rings (SSSR count). The molecule has 0 fully saturated rings. The molecule has 1 N–H and O–H groups in total. The smallest absolute Gasteiger partial charge is 0.258 e. The fourth-order valence-corrected chi connectivity index (χ4v) is 2.60. The van der Waals surface area contributed by atoms with Crippen LogP contribution < -0.4 is 5.32 Å². The summed E-state index contributed by atoms with van der Waals surface area (Å²) in [5.74, 6) is 0.0671. The summed E-state index contributed by atoms with van der Waals surface area (Å²) in [5, 5.41) is 5.64. The van der Waals surface area contributed by atoms with Gasteiger partial charge >= 0.3 is 0 Å². The van der Waals surface area contributed by atoms with Gasteiger partial charge in [-0.1, -0.05) is 0 Å². The lowest BCUT2D eigenvalue weighted by Crippen LogP contribution is -2.22. The predicted octanol–water partition coefficient (Wildman–Crippen LogP) is 1.40. The molecule has 1 heterocycles. The molecule has 2 nitrogen and oxygen atoms in total. The van der Waals surface area contributed by atoms with Crippen molar-refractivity contribution in [1.29, 1.82) is 0 Å². The standard InChI is InChI=1S/C6H9NOS2/c1-2-7-6(8)5-3-9-4-10-5/h3H,2,4H2,1H3,(H,7,8). The van der Waals surface area contributed by atoms with Gasteiger partial charge in [0.15, 0.2) is 0 Å². The lowest BCUT2D eigenvalue weighted by Gasteiger charge is -1.99. The molecule has 0 bridgehead atoms. The number of thioether (sulfide) groups is 2. The van der Waals surface area contributed by atoms with Crippen molar-refractivity contribution < 1.29 is 4.79 Å². The maximum atomic E-state index is 11.0. The highest BCUT2D eigenvalue weighted by Gasteiger charge is 2.12. The quantitative estimate of drug-likeness (QED) is 0.688. The Labute approximate surface area is 68.8 Å². The van der Waals surface area contributed by atoms with Gasteiger partial charge in [0.25, 0.3) is 5.91 Å². The average Bonchev–Trinajstić information content (AvgIpc) is 2.38. The molecule has 0 aliphatic carbocycles. The summed E-state index contributed by atoms with van der Waals surface area (Å²) in [7, 11) is 0. The van der Waals surface area contributed by atoms with E-state index < -0.39 is 0 Å². The number of nitrogens with one attached hydrogen (secondary N) is 1. The first-order chi connectivity index (χ1) is 4.84. The van der Waals surface area contributed by atoms with E-state index in [-0.39, 0.29) is 5.91 Å². The first kappa shape index (κ1) is 8.01. The lowest BCUT2D eigenvalue weighted by atomic mass is 10.5. The van der Waals surface area contributed by atoms with Crippen LogP contribution in [0.15, 0.2) is 10.3 Å². The Kier molecular flexibility index (Phi) is 3.15. The van der Waals surface area contributed by atoms with Crippen molar-refractivity contribution in [2.45, 2.75) is 6.92 Å². The fraction of sp³-hybridized carbons (Fsp3) is 0.500. The Bertz CT molecular complexity index is 167. The summed E-state index contributed by atoms with van der Waals surface area (Å²) in [4.78, 5) is 11.9.